The maximum Gasteiger partial charge on any atom is 0.0557 e. The summed E-state index contributed by atoms with van der Waals surface area (Å²) < 4.78 is 0. The molecule has 3 rings (SSSR count). The van der Waals surface area contributed by atoms with Crippen molar-refractivity contribution in [2.45, 2.75) is 37.1 Å². The summed E-state index contributed by atoms with van der Waals surface area (Å²) in [5, 5.41) is 0.758. The third kappa shape index (κ3) is 2.71. The van der Waals surface area contributed by atoms with Gasteiger partial charge in [0.1, 0.15) is 0 Å². The normalized spacial score (nSPS) is 18.6. The van der Waals surface area contributed by atoms with E-state index in [-0.39, 0.29) is 11.5 Å². The minimum absolute atomic E-state index is 0.0562. The first kappa shape index (κ1) is 14.6. The molecule has 0 amide bonds. The highest BCUT2D eigenvalue weighted by molar-refractivity contribution is 6.30. The van der Waals surface area contributed by atoms with E-state index in [1.165, 1.54) is 18.4 Å². The number of benzene rings is 2. The van der Waals surface area contributed by atoms with Crippen molar-refractivity contribution in [3.63, 3.8) is 0 Å². The Labute approximate surface area is 131 Å². The second kappa shape index (κ2) is 6.18. The van der Waals surface area contributed by atoms with Gasteiger partial charge < -0.3 is 0 Å². The Morgan fingerprint density at radius 1 is 1.00 bits per heavy atom. The zero-order valence-electron chi connectivity index (χ0n) is 12.1. The summed E-state index contributed by atoms with van der Waals surface area (Å²) in [6.07, 6.45) is 4.79. The Kier molecular flexibility index (Phi) is 4.29. The van der Waals surface area contributed by atoms with Crippen LogP contribution in [0.15, 0.2) is 54.6 Å². The van der Waals surface area contributed by atoms with Crippen molar-refractivity contribution in [3.8, 4) is 0 Å². The van der Waals surface area contributed by atoms with E-state index >= 15 is 0 Å². The van der Waals surface area contributed by atoms with Crippen LogP contribution >= 0.6 is 11.6 Å². The van der Waals surface area contributed by atoms with Gasteiger partial charge in [-0.05, 0) is 36.1 Å². The van der Waals surface area contributed by atoms with Crippen LogP contribution < -0.4 is 11.3 Å². The van der Waals surface area contributed by atoms with Gasteiger partial charge in [0.15, 0.2) is 0 Å². The third-order valence-corrected chi connectivity index (χ3v) is 4.98. The number of halogens is 1. The highest BCUT2D eigenvalue weighted by Gasteiger charge is 2.43. The molecule has 1 aliphatic rings. The van der Waals surface area contributed by atoms with Gasteiger partial charge in [-0.3, -0.25) is 11.3 Å². The Bertz CT molecular complexity index is 591. The van der Waals surface area contributed by atoms with Gasteiger partial charge in [-0.2, -0.15) is 0 Å². The molecule has 2 aromatic rings. The highest BCUT2D eigenvalue weighted by Crippen LogP contribution is 2.49. The standard InChI is InChI=1S/C18H21ClN2/c19-16-10-6-7-14(13-16)17(21-20)18(11-4-5-12-18)15-8-2-1-3-9-15/h1-3,6-10,13,17,21H,4-5,11-12,20H2. The van der Waals surface area contributed by atoms with Crippen molar-refractivity contribution in [1.29, 1.82) is 0 Å². The lowest BCUT2D eigenvalue weighted by Crippen LogP contribution is -2.43. The fourth-order valence-corrected chi connectivity index (χ4v) is 3.98. The lowest BCUT2D eigenvalue weighted by atomic mass is 9.70. The lowest BCUT2D eigenvalue weighted by Gasteiger charge is -2.38. The summed E-state index contributed by atoms with van der Waals surface area (Å²) in [6.45, 7) is 0. The SMILES string of the molecule is NNC(c1cccc(Cl)c1)C1(c2ccccc2)CCCC1. The highest BCUT2D eigenvalue weighted by atomic mass is 35.5. The second-order valence-electron chi connectivity index (χ2n) is 5.88. The Morgan fingerprint density at radius 2 is 1.71 bits per heavy atom. The van der Waals surface area contributed by atoms with Crippen molar-refractivity contribution in [1.82, 2.24) is 5.43 Å². The van der Waals surface area contributed by atoms with Crippen LogP contribution in [0.5, 0.6) is 0 Å². The van der Waals surface area contributed by atoms with Crippen LogP contribution in [0, 0.1) is 0 Å². The number of hydrogen-bond acceptors (Lipinski definition) is 2. The zero-order valence-corrected chi connectivity index (χ0v) is 12.8. The third-order valence-electron chi connectivity index (χ3n) is 4.75. The molecule has 2 nitrogen and oxygen atoms in total. The second-order valence-corrected chi connectivity index (χ2v) is 6.32. The molecule has 110 valence electrons. The molecule has 1 aliphatic carbocycles. The molecule has 0 bridgehead atoms. The first-order valence-corrected chi connectivity index (χ1v) is 7.91. The molecule has 3 heteroatoms. The van der Waals surface area contributed by atoms with E-state index in [1.807, 2.05) is 18.2 Å². The Hall–Kier alpha value is -1.35. The molecular formula is C18H21ClN2. The van der Waals surface area contributed by atoms with Gasteiger partial charge in [0, 0.05) is 10.4 Å². The molecule has 21 heavy (non-hydrogen) atoms. The van der Waals surface area contributed by atoms with Gasteiger partial charge in [0.05, 0.1) is 6.04 Å². The van der Waals surface area contributed by atoms with E-state index in [0.717, 1.165) is 23.4 Å². The summed E-state index contributed by atoms with van der Waals surface area (Å²) in [5.41, 5.74) is 5.65. The average Bonchev–Trinajstić information content (AvgIpc) is 3.00. The lowest BCUT2D eigenvalue weighted by molar-refractivity contribution is 0.303. The number of hydrogen-bond donors (Lipinski definition) is 2. The van der Waals surface area contributed by atoms with Crippen molar-refractivity contribution in [2.24, 2.45) is 5.84 Å². The van der Waals surface area contributed by atoms with Crippen LogP contribution in [0.2, 0.25) is 5.02 Å². The van der Waals surface area contributed by atoms with E-state index in [1.54, 1.807) is 0 Å². The Morgan fingerprint density at radius 3 is 2.33 bits per heavy atom. The minimum atomic E-state index is 0.0562. The predicted molar refractivity (Wildman–Crippen MR) is 88.1 cm³/mol. The van der Waals surface area contributed by atoms with Crippen LogP contribution in [-0.2, 0) is 5.41 Å². The monoisotopic (exact) mass is 300 g/mol. The summed E-state index contributed by atoms with van der Waals surface area (Å²) in [6, 6.07) is 18.9. The van der Waals surface area contributed by atoms with Gasteiger partial charge in [-0.15, -0.1) is 0 Å². The van der Waals surface area contributed by atoms with Crippen LogP contribution in [-0.4, -0.2) is 0 Å². The molecule has 0 aromatic heterocycles. The predicted octanol–water partition coefficient (Wildman–Crippen LogP) is 4.36. The van der Waals surface area contributed by atoms with E-state index in [0.29, 0.717) is 0 Å². The van der Waals surface area contributed by atoms with E-state index in [2.05, 4.69) is 41.8 Å². The summed E-state index contributed by atoms with van der Waals surface area (Å²) >= 11 is 6.18. The van der Waals surface area contributed by atoms with Gasteiger partial charge in [-0.1, -0.05) is 66.9 Å². The summed E-state index contributed by atoms with van der Waals surface area (Å²) in [5.74, 6) is 5.96. The molecule has 0 heterocycles. The molecule has 1 fully saturated rings. The molecule has 0 aliphatic heterocycles. The van der Waals surface area contributed by atoms with E-state index in [4.69, 9.17) is 17.4 Å². The number of nitrogens with one attached hydrogen (secondary N) is 1. The summed E-state index contributed by atoms with van der Waals surface area (Å²) in [4.78, 5) is 0. The van der Waals surface area contributed by atoms with Gasteiger partial charge in [0.25, 0.3) is 0 Å². The molecule has 0 spiro atoms. The number of rotatable bonds is 4. The molecule has 1 unspecified atom stereocenters. The molecule has 3 N–H and O–H groups in total. The molecule has 1 saturated carbocycles. The quantitative estimate of drug-likeness (QED) is 0.650. The molecule has 0 saturated heterocycles. The number of nitrogens with two attached hydrogens (primary N) is 1. The smallest absolute Gasteiger partial charge is 0.0557 e. The van der Waals surface area contributed by atoms with E-state index in [9.17, 15) is 0 Å². The van der Waals surface area contributed by atoms with Gasteiger partial charge in [0.2, 0.25) is 0 Å². The molecule has 0 radical (unpaired) electrons. The Balaban J connectivity index is 2.07. The van der Waals surface area contributed by atoms with Crippen LogP contribution in [0.1, 0.15) is 42.9 Å². The van der Waals surface area contributed by atoms with Crippen molar-refractivity contribution in [3.05, 3.63) is 70.7 Å². The average molecular weight is 301 g/mol. The van der Waals surface area contributed by atoms with Crippen molar-refractivity contribution >= 4 is 11.6 Å². The first-order valence-electron chi connectivity index (χ1n) is 7.53. The maximum atomic E-state index is 6.18. The van der Waals surface area contributed by atoms with Crippen LogP contribution in [0.25, 0.3) is 0 Å². The van der Waals surface area contributed by atoms with Crippen LogP contribution in [0.3, 0.4) is 0 Å². The van der Waals surface area contributed by atoms with Crippen LogP contribution in [0.4, 0.5) is 0 Å². The van der Waals surface area contributed by atoms with Crippen molar-refractivity contribution < 1.29 is 0 Å². The topological polar surface area (TPSA) is 38.0 Å². The first-order chi connectivity index (χ1) is 10.3. The van der Waals surface area contributed by atoms with Gasteiger partial charge >= 0.3 is 0 Å². The number of hydrazine groups is 1. The molecule has 1 atom stereocenters. The molecular weight excluding hydrogens is 280 g/mol. The fourth-order valence-electron chi connectivity index (χ4n) is 3.78. The summed E-state index contributed by atoms with van der Waals surface area (Å²) in [7, 11) is 0. The maximum absolute atomic E-state index is 6.18. The zero-order chi connectivity index (χ0) is 14.7. The minimum Gasteiger partial charge on any atom is -0.271 e. The van der Waals surface area contributed by atoms with Crippen molar-refractivity contribution in [2.75, 3.05) is 0 Å². The largest absolute Gasteiger partial charge is 0.271 e. The van der Waals surface area contributed by atoms with E-state index < -0.39 is 0 Å². The fraction of sp³-hybridized carbons (Fsp3) is 0.333. The molecule has 2 aromatic carbocycles. The van der Waals surface area contributed by atoms with Gasteiger partial charge in [-0.25, -0.2) is 0 Å².